The molecule has 2 rings (SSSR count). The molecule has 6 heteroatoms. The van der Waals surface area contributed by atoms with Gasteiger partial charge in [-0.05, 0) is 32.5 Å². The van der Waals surface area contributed by atoms with E-state index in [9.17, 15) is 9.59 Å². The van der Waals surface area contributed by atoms with E-state index in [1.165, 1.54) is 0 Å². The van der Waals surface area contributed by atoms with Gasteiger partial charge in [-0.15, -0.1) is 12.4 Å². The Morgan fingerprint density at radius 2 is 1.82 bits per heavy atom. The maximum Gasteiger partial charge on any atom is 0.253 e. The second kappa shape index (κ2) is 8.76. The Kier molecular flexibility index (Phi) is 7.35. The average molecular weight is 326 g/mol. The van der Waals surface area contributed by atoms with Gasteiger partial charge in [-0.1, -0.05) is 17.7 Å². The molecule has 5 nitrogen and oxygen atoms in total. The van der Waals surface area contributed by atoms with Crippen LogP contribution in [0.1, 0.15) is 22.3 Å². The minimum absolute atomic E-state index is 0. The quantitative estimate of drug-likeness (QED) is 0.911. The summed E-state index contributed by atoms with van der Waals surface area (Å²) >= 11 is 0. The van der Waals surface area contributed by atoms with Crippen molar-refractivity contribution < 1.29 is 9.59 Å². The summed E-state index contributed by atoms with van der Waals surface area (Å²) in [4.78, 5) is 28.1. The first-order valence-electron chi connectivity index (χ1n) is 7.40. The van der Waals surface area contributed by atoms with Crippen molar-refractivity contribution in [3.05, 3.63) is 35.4 Å². The molecule has 1 aliphatic rings. The Hall–Kier alpha value is -1.59. The van der Waals surface area contributed by atoms with Gasteiger partial charge < -0.3 is 15.1 Å². The molecule has 1 aromatic rings. The number of halogens is 1. The monoisotopic (exact) mass is 325 g/mol. The maximum absolute atomic E-state index is 12.5. The van der Waals surface area contributed by atoms with Crippen LogP contribution in [0.5, 0.6) is 0 Å². The largest absolute Gasteiger partial charge is 0.340 e. The van der Waals surface area contributed by atoms with Crippen LogP contribution in [-0.2, 0) is 4.79 Å². The Labute approximate surface area is 138 Å². The first kappa shape index (κ1) is 18.5. The van der Waals surface area contributed by atoms with Gasteiger partial charge in [-0.3, -0.25) is 9.59 Å². The molecule has 1 aromatic carbocycles. The van der Waals surface area contributed by atoms with E-state index >= 15 is 0 Å². The molecule has 0 radical (unpaired) electrons. The molecule has 0 atom stereocenters. The third-order valence-electron chi connectivity index (χ3n) is 3.73. The highest BCUT2D eigenvalue weighted by molar-refractivity contribution is 5.94. The number of hydrogen-bond donors (Lipinski definition) is 1. The van der Waals surface area contributed by atoms with Gasteiger partial charge in [-0.2, -0.15) is 0 Å². The Balaban J connectivity index is 0.00000242. The molecule has 0 bridgehead atoms. The lowest BCUT2D eigenvalue weighted by atomic mass is 10.1. The summed E-state index contributed by atoms with van der Waals surface area (Å²) in [5.74, 6) is 0.156. The SMILES string of the molecule is CNCC(=O)N1CCCN(C(=O)c2cccc(C)c2)CC1.Cl. The number of hydrogen-bond acceptors (Lipinski definition) is 3. The standard InChI is InChI=1S/C16H23N3O2.ClH/c1-13-5-3-6-14(11-13)16(21)19-8-4-7-18(9-10-19)15(20)12-17-2;/h3,5-6,11,17H,4,7-10,12H2,1-2H3;1H. The summed E-state index contributed by atoms with van der Waals surface area (Å²) in [5.41, 5.74) is 1.81. The van der Waals surface area contributed by atoms with Crippen molar-refractivity contribution in [1.29, 1.82) is 0 Å². The predicted octanol–water partition coefficient (Wildman–Crippen LogP) is 1.31. The van der Waals surface area contributed by atoms with Gasteiger partial charge in [0.15, 0.2) is 0 Å². The zero-order valence-electron chi connectivity index (χ0n) is 13.2. The molecule has 1 saturated heterocycles. The van der Waals surface area contributed by atoms with Gasteiger partial charge in [-0.25, -0.2) is 0 Å². The van der Waals surface area contributed by atoms with E-state index in [1.54, 1.807) is 7.05 Å². The van der Waals surface area contributed by atoms with Crippen molar-refractivity contribution in [2.75, 3.05) is 39.8 Å². The lowest BCUT2D eigenvalue weighted by Gasteiger charge is -2.22. The summed E-state index contributed by atoms with van der Waals surface area (Å²) in [7, 11) is 1.77. The van der Waals surface area contributed by atoms with Crippen LogP contribution in [0, 0.1) is 6.92 Å². The highest BCUT2D eigenvalue weighted by Crippen LogP contribution is 2.11. The molecular formula is C16H24ClN3O2. The van der Waals surface area contributed by atoms with Crippen LogP contribution in [0.2, 0.25) is 0 Å². The van der Waals surface area contributed by atoms with Crippen LogP contribution in [0.3, 0.4) is 0 Å². The number of carbonyl (C=O) groups excluding carboxylic acids is 2. The van der Waals surface area contributed by atoms with E-state index in [2.05, 4.69) is 5.32 Å². The molecule has 1 fully saturated rings. The molecule has 122 valence electrons. The summed E-state index contributed by atoms with van der Waals surface area (Å²) < 4.78 is 0. The third kappa shape index (κ3) is 4.71. The van der Waals surface area contributed by atoms with Crippen molar-refractivity contribution in [3.8, 4) is 0 Å². The van der Waals surface area contributed by atoms with Crippen LogP contribution in [0.25, 0.3) is 0 Å². The zero-order chi connectivity index (χ0) is 15.2. The van der Waals surface area contributed by atoms with Crippen molar-refractivity contribution in [3.63, 3.8) is 0 Å². The van der Waals surface area contributed by atoms with Crippen molar-refractivity contribution in [2.45, 2.75) is 13.3 Å². The number of benzene rings is 1. The first-order valence-corrected chi connectivity index (χ1v) is 7.40. The fourth-order valence-electron chi connectivity index (χ4n) is 2.59. The van der Waals surface area contributed by atoms with Gasteiger partial charge in [0.2, 0.25) is 5.91 Å². The van der Waals surface area contributed by atoms with E-state index in [4.69, 9.17) is 0 Å². The lowest BCUT2D eigenvalue weighted by molar-refractivity contribution is -0.130. The molecule has 0 aromatic heterocycles. The Bertz CT molecular complexity index is 522. The number of aryl methyl sites for hydroxylation is 1. The smallest absolute Gasteiger partial charge is 0.253 e. The first-order chi connectivity index (χ1) is 10.1. The van der Waals surface area contributed by atoms with Gasteiger partial charge in [0.25, 0.3) is 5.91 Å². The van der Waals surface area contributed by atoms with E-state index in [-0.39, 0.29) is 24.2 Å². The fraction of sp³-hybridized carbons (Fsp3) is 0.500. The predicted molar refractivity (Wildman–Crippen MR) is 89.5 cm³/mol. The summed E-state index contributed by atoms with van der Waals surface area (Å²) in [6, 6.07) is 7.65. The average Bonchev–Trinajstić information content (AvgIpc) is 2.72. The maximum atomic E-state index is 12.5. The van der Waals surface area contributed by atoms with Crippen molar-refractivity contribution >= 4 is 24.2 Å². The van der Waals surface area contributed by atoms with E-state index in [0.717, 1.165) is 24.1 Å². The highest BCUT2D eigenvalue weighted by Gasteiger charge is 2.22. The fourth-order valence-corrected chi connectivity index (χ4v) is 2.59. The second-order valence-electron chi connectivity index (χ2n) is 5.43. The molecule has 0 spiro atoms. The summed E-state index contributed by atoms with van der Waals surface area (Å²) in [5, 5.41) is 2.88. The van der Waals surface area contributed by atoms with Crippen LogP contribution in [0.4, 0.5) is 0 Å². The number of likely N-dealkylation sites (N-methyl/N-ethyl adjacent to an activating group) is 1. The molecule has 0 saturated carbocycles. The number of nitrogens with one attached hydrogen (secondary N) is 1. The van der Waals surface area contributed by atoms with Crippen LogP contribution in [0.15, 0.2) is 24.3 Å². The highest BCUT2D eigenvalue weighted by atomic mass is 35.5. The lowest BCUT2D eigenvalue weighted by Crippen LogP contribution is -2.40. The minimum Gasteiger partial charge on any atom is -0.340 e. The van der Waals surface area contributed by atoms with E-state index in [0.29, 0.717) is 26.2 Å². The van der Waals surface area contributed by atoms with E-state index in [1.807, 2.05) is 41.0 Å². The normalized spacial score (nSPS) is 15.0. The zero-order valence-corrected chi connectivity index (χ0v) is 14.0. The van der Waals surface area contributed by atoms with Crippen LogP contribution >= 0.6 is 12.4 Å². The molecule has 1 heterocycles. The molecular weight excluding hydrogens is 302 g/mol. The van der Waals surface area contributed by atoms with Crippen LogP contribution in [-0.4, -0.2) is 61.4 Å². The molecule has 2 amide bonds. The topological polar surface area (TPSA) is 52.7 Å². The third-order valence-corrected chi connectivity index (χ3v) is 3.73. The molecule has 1 aliphatic heterocycles. The minimum atomic E-state index is 0. The second-order valence-corrected chi connectivity index (χ2v) is 5.43. The van der Waals surface area contributed by atoms with Gasteiger partial charge >= 0.3 is 0 Å². The number of amides is 2. The number of nitrogens with zero attached hydrogens (tertiary/aromatic N) is 2. The molecule has 1 N–H and O–H groups in total. The van der Waals surface area contributed by atoms with E-state index < -0.39 is 0 Å². The number of carbonyl (C=O) groups is 2. The summed E-state index contributed by atoms with van der Waals surface area (Å²) in [6.45, 7) is 4.97. The Morgan fingerprint density at radius 1 is 1.14 bits per heavy atom. The van der Waals surface area contributed by atoms with Gasteiger partial charge in [0.05, 0.1) is 6.54 Å². The van der Waals surface area contributed by atoms with Crippen molar-refractivity contribution in [1.82, 2.24) is 15.1 Å². The molecule has 0 aliphatic carbocycles. The van der Waals surface area contributed by atoms with Crippen LogP contribution < -0.4 is 5.32 Å². The Morgan fingerprint density at radius 3 is 2.50 bits per heavy atom. The summed E-state index contributed by atoms with van der Waals surface area (Å²) in [6.07, 6.45) is 0.826. The van der Waals surface area contributed by atoms with Crippen molar-refractivity contribution in [2.24, 2.45) is 0 Å². The van der Waals surface area contributed by atoms with Gasteiger partial charge in [0, 0.05) is 31.7 Å². The van der Waals surface area contributed by atoms with Gasteiger partial charge in [0.1, 0.15) is 0 Å². The molecule has 0 unspecified atom stereocenters. The number of rotatable bonds is 3. The molecule has 22 heavy (non-hydrogen) atoms.